The number of rotatable bonds is 8. The fraction of sp³-hybridized carbons (Fsp3) is 0.379. The molecule has 4 rings (SSSR count). The maximum absolute atomic E-state index is 15.2. The van der Waals surface area contributed by atoms with Crippen LogP contribution in [0.1, 0.15) is 50.5 Å². The Balaban J connectivity index is 1.58. The van der Waals surface area contributed by atoms with Crippen LogP contribution >= 0.6 is 0 Å². The van der Waals surface area contributed by atoms with Gasteiger partial charge < -0.3 is 4.74 Å². The van der Waals surface area contributed by atoms with Gasteiger partial charge in [0.15, 0.2) is 0 Å². The van der Waals surface area contributed by atoms with Crippen molar-refractivity contribution in [1.29, 1.82) is 0 Å². The van der Waals surface area contributed by atoms with Crippen LogP contribution in [-0.4, -0.2) is 15.2 Å². The van der Waals surface area contributed by atoms with Gasteiger partial charge in [0.25, 0.3) is 0 Å². The normalized spacial score (nSPS) is 15.3. The number of hydrogen-bond donors (Lipinski definition) is 0. The van der Waals surface area contributed by atoms with E-state index >= 15 is 4.39 Å². The van der Waals surface area contributed by atoms with Crippen LogP contribution in [0.4, 0.5) is 17.6 Å². The molecule has 0 atom stereocenters. The van der Waals surface area contributed by atoms with Gasteiger partial charge in [-0.25, -0.2) is 4.39 Å². The van der Waals surface area contributed by atoms with Crippen molar-refractivity contribution in [1.82, 2.24) is 0 Å². The maximum atomic E-state index is 15.2. The second-order valence-electron chi connectivity index (χ2n) is 9.34. The Morgan fingerprint density at radius 2 is 1.60 bits per heavy atom. The summed E-state index contributed by atoms with van der Waals surface area (Å²) < 4.78 is 57.4. The molecule has 1 nitrogen and oxygen atoms in total. The first-order valence-corrected chi connectivity index (χ1v) is 14.5. The van der Waals surface area contributed by atoms with Crippen molar-refractivity contribution < 1.29 is 22.3 Å². The topological polar surface area (TPSA) is 9.23 Å². The first kappa shape index (κ1) is 25.5. The highest BCUT2D eigenvalue weighted by molar-refractivity contribution is 6.59. The molecule has 185 valence electrons. The molecule has 1 saturated heterocycles. The highest BCUT2D eigenvalue weighted by Crippen LogP contribution is 2.40. The van der Waals surface area contributed by atoms with Crippen molar-refractivity contribution in [2.45, 2.75) is 69.4 Å². The van der Waals surface area contributed by atoms with E-state index in [0.29, 0.717) is 22.6 Å². The molecule has 1 aliphatic heterocycles. The van der Waals surface area contributed by atoms with Gasteiger partial charge in [0, 0.05) is 14.4 Å². The fourth-order valence-electron chi connectivity index (χ4n) is 5.10. The number of alkyl halides is 3. The first-order chi connectivity index (χ1) is 16.8. The van der Waals surface area contributed by atoms with E-state index in [9.17, 15) is 13.2 Å². The quantitative estimate of drug-likeness (QED) is 0.170. The lowest BCUT2D eigenvalue weighted by Gasteiger charge is -2.28. The molecule has 0 aliphatic carbocycles. The molecule has 0 amide bonds. The van der Waals surface area contributed by atoms with Gasteiger partial charge in [0.1, 0.15) is 11.6 Å². The zero-order valence-corrected chi connectivity index (χ0v) is 21.0. The summed E-state index contributed by atoms with van der Waals surface area (Å²) in [5.74, 6) is -0.238. The predicted octanol–water partition coefficient (Wildman–Crippen LogP) is 9.62. The van der Waals surface area contributed by atoms with Crippen LogP contribution in [0.5, 0.6) is 5.75 Å². The Bertz CT molecular complexity index is 1120. The summed E-state index contributed by atoms with van der Waals surface area (Å²) in [4.78, 5) is 0. The lowest BCUT2D eigenvalue weighted by molar-refractivity contribution is -0.274. The molecular formula is C29H31F4OSi. The Morgan fingerprint density at radius 3 is 2.34 bits per heavy atom. The Labute approximate surface area is 206 Å². The molecule has 0 spiro atoms. The summed E-state index contributed by atoms with van der Waals surface area (Å²) in [5.41, 5.74) is 3.39. The Morgan fingerprint density at radius 1 is 0.886 bits per heavy atom. The predicted molar refractivity (Wildman–Crippen MR) is 136 cm³/mol. The second kappa shape index (κ2) is 11.4. The van der Waals surface area contributed by atoms with Crippen molar-refractivity contribution in [2.24, 2.45) is 0 Å². The van der Waals surface area contributed by atoms with Gasteiger partial charge in [-0.05, 0) is 59.2 Å². The van der Waals surface area contributed by atoms with Crippen molar-refractivity contribution >= 4 is 8.80 Å². The van der Waals surface area contributed by atoms with Crippen molar-refractivity contribution in [2.75, 3.05) is 0 Å². The standard InChI is InChI=1S/C29H31F4OSi/c1-2-3-4-16-35-17-14-21(15-18-35)22-8-5-10-24(19-22)28-26(12-7-13-27(28)30)23-9-6-11-25(20-23)34-29(31,32)33/h5-13,19-21H,2-4,14-18H2,1H3. The molecule has 35 heavy (non-hydrogen) atoms. The third kappa shape index (κ3) is 6.75. The Hall–Kier alpha value is -2.60. The zero-order valence-electron chi connectivity index (χ0n) is 20.0. The molecule has 1 fully saturated rings. The van der Waals surface area contributed by atoms with Gasteiger partial charge in [-0.15, -0.1) is 13.2 Å². The minimum atomic E-state index is -4.78. The minimum absolute atomic E-state index is 0.240. The Kier molecular flexibility index (Phi) is 8.32. The van der Waals surface area contributed by atoms with Crippen LogP contribution in [-0.2, 0) is 0 Å². The van der Waals surface area contributed by atoms with Gasteiger partial charge in [0.05, 0.1) is 0 Å². The van der Waals surface area contributed by atoms with E-state index in [4.69, 9.17) is 0 Å². The largest absolute Gasteiger partial charge is 0.573 e. The summed E-state index contributed by atoms with van der Waals surface area (Å²) in [5, 5.41) is 0. The number of halogens is 4. The van der Waals surface area contributed by atoms with Crippen LogP contribution in [0, 0.1) is 5.82 Å². The molecule has 0 unspecified atom stereocenters. The highest BCUT2D eigenvalue weighted by Gasteiger charge is 2.31. The fourth-order valence-corrected chi connectivity index (χ4v) is 8.11. The van der Waals surface area contributed by atoms with Crippen LogP contribution < -0.4 is 4.74 Å². The van der Waals surface area contributed by atoms with Crippen LogP contribution in [0.3, 0.4) is 0 Å². The molecule has 6 heteroatoms. The monoisotopic (exact) mass is 499 g/mol. The molecule has 0 saturated carbocycles. The van der Waals surface area contributed by atoms with Crippen molar-refractivity contribution in [3.8, 4) is 28.0 Å². The van der Waals surface area contributed by atoms with Gasteiger partial charge in [-0.2, -0.15) is 0 Å². The van der Waals surface area contributed by atoms with Crippen molar-refractivity contribution in [3.63, 3.8) is 0 Å². The molecule has 3 aromatic carbocycles. The third-order valence-electron chi connectivity index (χ3n) is 6.87. The summed E-state index contributed by atoms with van der Waals surface area (Å²) >= 11 is 0. The van der Waals surface area contributed by atoms with E-state index in [1.165, 1.54) is 80.1 Å². The molecule has 1 heterocycles. The van der Waals surface area contributed by atoms with Crippen LogP contribution in [0.15, 0.2) is 66.7 Å². The number of ether oxygens (including phenoxy) is 1. The highest BCUT2D eigenvalue weighted by atomic mass is 28.3. The smallest absolute Gasteiger partial charge is 0.406 e. The van der Waals surface area contributed by atoms with E-state index in [1.54, 1.807) is 18.2 Å². The second-order valence-corrected chi connectivity index (χ2v) is 12.3. The lowest BCUT2D eigenvalue weighted by Crippen LogP contribution is -2.20. The molecule has 1 radical (unpaired) electrons. The van der Waals surface area contributed by atoms with E-state index in [0.717, 1.165) is 5.56 Å². The van der Waals surface area contributed by atoms with Gasteiger partial charge in [-0.3, -0.25) is 0 Å². The third-order valence-corrected chi connectivity index (χ3v) is 9.92. The number of benzene rings is 3. The van der Waals surface area contributed by atoms with E-state index in [2.05, 4.69) is 23.8 Å². The number of unbranched alkanes of at least 4 members (excludes halogenated alkanes) is 2. The van der Waals surface area contributed by atoms with E-state index < -0.39 is 12.2 Å². The molecule has 3 aromatic rings. The molecular weight excluding hydrogens is 468 g/mol. The van der Waals surface area contributed by atoms with E-state index in [-0.39, 0.29) is 14.5 Å². The van der Waals surface area contributed by atoms with Crippen LogP contribution in [0.25, 0.3) is 22.3 Å². The van der Waals surface area contributed by atoms with Gasteiger partial charge in [-0.1, -0.05) is 92.8 Å². The average molecular weight is 500 g/mol. The molecule has 0 aromatic heterocycles. The molecule has 0 bridgehead atoms. The number of hydrogen-bond acceptors (Lipinski definition) is 1. The van der Waals surface area contributed by atoms with Gasteiger partial charge in [0.2, 0.25) is 0 Å². The SMILES string of the molecule is CCCCC[Si]1CCC(c2cccc(-c3c(F)cccc3-c3cccc(OC(F)(F)F)c3)c2)CC1. The first-order valence-electron chi connectivity index (χ1n) is 12.4. The summed E-state index contributed by atoms with van der Waals surface area (Å²) in [6, 6.07) is 22.6. The summed E-state index contributed by atoms with van der Waals surface area (Å²) in [7, 11) is -0.240. The lowest BCUT2D eigenvalue weighted by atomic mass is 9.88. The average Bonchev–Trinajstić information content (AvgIpc) is 2.84. The molecule has 0 N–H and O–H groups in total. The van der Waals surface area contributed by atoms with E-state index in [1.807, 2.05) is 12.1 Å². The minimum Gasteiger partial charge on any atom is -0.406 e. The molecule has 1 aliphatic rings. The van der Waals surface area contributed by atoms with Crippen molar-refractivity contribution in [3.05, 3.63) is 78.1 Å². The summed E-state index contributed by atoms with van der Waals surface area (Å²) in [6.07, 6.45) is 1.54. The van der Waals surface area contributed by atoms with Crippen LogP contribution in [0.2, 0.25) is 18.1 Å². The summed E-state index contributed by atoms with van der Waals surface area (Å²) in [6.45, 7) is 2.25. The van der Waals surface area contributed by atoms with Gasteiger partial charge >= 0.3 is 6.36 Å². The maximum Gasteiger partial charge on any atom is 0.573 e. The zero-order chi connectivity index (χ0) is 24.8.